The molecule has 0 bridgehead atoms. The van der Waals surface area contributed by atoms with Crippen LogP contribution in [0.2, 0.25) is 0 Å². The number of halogens is 1. The Morgan fingerprint density at radius 1 is 1.24 bits per heavy atom. The first kappa shape index (κ1) is 16.4. The lowest BCUT2D eigenvalue weighted by molar-refractivity contribution is 0.119. The smallest absolute Gasteiger partial charge is 0.241 e. The molecule has 0 spiro atoms. The summed E-state index contributed by atoms with van der Waals surface area (Å²) in [5.74, 6) is 1.39. The maximum absolute atomic E-state index is 5.58. The van der Waals surface area contributed by atoms with Gasteiger partial charge in [-0.1, -0.05) is 11.2 Å². The van der Waals surface area contributed by atoms with Crippen molar-refractivity contribution in [1.29, 1.82) is 0 Å². The SMILES string of the molecule is Cl.NCCN1CCN(Cc2nc(-c3cccs3)no2)CC1. The van der Waals surface area contributed by atoms with E-state index in [1.54, 1.807) is 11.3 Å². The molecule has 0 aromatic carbocycles. The van der Waals surface area contributed by atoms with Crippen molar-refractivity contribution < 1.29 is 4.52 Å². The van der Waals surface area contributed by atoms with Gasteiger partial charge in [-0.25, -0.2) is 0 Å². The molecule has 0 amide bonds. The van der Waals surface area contributed by atoms with Crippen molar-refractivity contribution in [2.24, 2.45) is 5.73 Å². The van der Waals surface area contributed by atoms with E-state index in [1.165, 1.54) is 0 Å². The molecule has 21 heavy (non-hydrogen) atoms. The van der Waals surface area contributed by atoms with Crippen LogP contribution in [-0.4, -0.2) is 59.2 Å². The summed E-state index contributed by atoms with van der Waals surface area (Å²) in [6, 6.07) is 4.00. The number of nitrogens with two attached hydrogens (primary N) is 1. The zero-order valence-corrected chi connectivity index (χ0v) is 13.4. The normalized spacial score (nSPS) is 16.8. The zero-order valence-electron chi connectivity index (χ0n) is 11.8. The van der Waals surface area contributed by atoms with Gasteiger partial charge in [0.1, 0.15) is 0 Å². The average molecular weight is 330 g/mol. The quantitative estimate of drug-likeness (QED) is 0.891. The molecule has 3 rings (SSSR count). The van der Waals surface area contributed by atoms with Gasteiger partial charge in [-0.3, -0.25) is 9.80 Å². The molecule has 2 aromatic rings. The van der Waals surface area contributed by atoms with E-state index in [4.69, 9.17) is 10.3 Å². The number of rotatable bonds is 5. The molecule has 8 heteroatoms. The van der Waals surface area contributed by atoms with Gasteiger partial charge >= 0.3 is 0 Å². The van der Waals surface area contributed by atoms with Crippen molar-refractivity contribution in [2.45, 2.75) is 6.54 Å². The molecular weight excluding hydrogens is 310 g/mol. The molecule has 1 aliphatic heterocycles. The molecule has 0 unspecified atom stereocenters. The van der Waals surface area contributed by atoms with E-state index >= 15 is 0 Å². The number of piperazine rings is 1. The fourth-order valence-corrected chi connectivity index (χ4v) is 3.02. The van der Waals surface area contributed by atoms with Crippen LogP contribution in [0.1, 0.15) is 5.89 Å². The van der Waals surface area contributed by atoms with Crippen molar-refractivity contribution in [1.82, 2.24) is 19.9 Å². The molecule has 6 nitrogen and oxygen atoms in total. The third-order valence-corrected chi connectivity index (χ3v) is 4.34. The summed E-state index contributed by atoms with van der Waals surface area (Å²) in [7, 11) is 0. The second-order valence-electron chi connectivity index (χ2n) is 4.90. The lowest BCUT2D eigenvalue weighted by Crippen LogP contribution is -2.47. The predicted octanol–water partition coefficient (Wildman–Crippen LogP) is 1.30. The van der Waals surface area contributed by atoms with Crippen molar-refractivity contribution >= 4 is 23.7 Å². The van der Waals surface area contributed by atoms with E-state index in [-0.39, 0.29) is 12.4 Å². The Hall–Kier alpha value is -0.990. The molecule has 3 heterocycles. The molecule has 0 radical (unpaired) electrons. The Bertz CT molecular complexity index is 524. The topological polar surface area (TPSA) is 71.4 Å². The van der Waals surface area contributed by atoms with Crippen LogP contribution in [0.15, 0.2) is 22.0 Å². The highest BCUT2D eigenvalue weighted by molar-refractivity contribution is 7.13. The minimum Gasteiger partial charge on any atom is -0.338 e. The molecule has 1 saturated heterocycles. The Morgan fingerprint density at radius 3 is 2.67 bits per heavy atom. The highest BCUT2D eigenvalue weighted by Gasteiger charge is 2.19. The molecular formula is C13H20ClN5OS. The van der Waals surface area contributed by atoms with Crippen molar-refractivity contribution in [3.8, 4) is 10.7 Å². The summed E-state index contributed by atoms with van der Waals surface area (Å²) in [5, 5.41) is 6.06. The van der Waals surface area contributed by atoms with E-state index in [0.717, 1.165) is 50.7 Å². The van der Waals surface area contributed by atoms with E-state index in [2.05, 4.69) is 19.9 Å². The van der Waals surface area contributed by atoms with Crippen LogP contribution in [-0.2, 0) is 6.54 Å². The molecule has 0 saturated carbocycles. The predicted molar refractivity (Wildman–Crippen MR) is 85.6 cm³/mol. The Labute approximate surface area is 134 Å². The number of hydrogen-bond acceptors (Lipinski definition) is 7. The highest BCUT2D eigenvalue weighted by atomic mass is 35.5. The van der Waals surface area contributed by atoms with Gasteiger partial charge in [0, 0.05) is 39.3 Å². The van der Waals surface area contributed by atoms with Crippen molar-refractivity contribution in [3.05, 3.63) is 23.4 Å². The standard InChI is InChI=1S/C13H19N5OS.ClH/c14-3-4-17-5-7-18(8-6-17)10-12-15-13(16-19-12)11-2-1-9-20-11;/h1-2,9H,3-8,10,14H2;1H. The Morgan fingerprint density at radius 2 is 2.00 bits per heavy atom. The van der Waals surface area contributed by atoms with Gasteiger partial charge in [0.25, 0.3) is 0 Å². The monoisotopic (exact) mass is 329 g/mol. The van der Waals surface area contributed by atoms with Gasteiger partial charge in [0.15, 0.2) is 0 Å². The maximum Gasteiger partial charge on any atom is 0.241 e. The van der Waals surface area contributed by atoms with Gasteiger partial charge in [-0.05, 0) is 11.4 Å². The molecule has 1 aliphatic rings. The van der Waals surface area contributed by atoms with Crippen LogP contribution in [0, 0.1) is 0 Å². The van der Waals surface area contributed by atoms with Crippen LogP contribution < -0.4 is 5.73 Å². The fourth-order valence-electron chi connectivity index (χ4n) is 2.37. The summed E-state index contributed by atoms with van der Waals surface area (Å²) in [5.41, 5.74) is 5.58. The molecule has 116 valence electrons. The Balaban J connectivity index is 0.00000161. The van der Waals surface area contributed by atoms with Crippen LogP contribution in [0.4, 0.5) is 0 Å². The van der Waals surface area contributed by atoms with Crippen LogP contribution in [0.5, 0.6) is 0 Å². The third-order valence-electron chi connectivity index (χ3n) is 3.48. The number of hydrogen-bond donors (Lipinski definition) is 1. The fraction of sp³-hybridized carbons (Fsp3) is 0.538. The summed E-state index contributed by atoms with van der Waals surface area (Å²) < 4.78 is 5.34. The average Bonchev–Trinajstić information content (AvgIpc) is 3.12. The lowest BCUT2D eigenvalue weighted by Gasteiger charge is -2.33. The zero-order chi connectivity index (χ0) is 13.8. The summed E-state index contributed by atoms with van der Waals surface area (Å²) in [6.45, 7) is 6.61. The molecule has 0 aliphatic carbocycles. The van der Waals surface area contributed by atoms with E-state index in [9.17, 15) is 0 Å². The lowest BCUT2D eigenvalue weighted by atomic mass is 10.3. The van der Waals surface area contributed by atoms with Gasteiger partial charge < -0.3 is 10.3 Å². The summed E-state index contributed by atoms with van der Waals surface area (Å²) in [6.07, 6.45) is 0. The molecule has 1 fully saturated rings. The molecule has 2 N–H and O–H groups in total. The van der Waals surface area contributed by atoms with E-state index in [1.807, 2.05) is 17.5 Å². The minimum atomic E-state index is 0. The van der Waals surface area contributed by atoms with Gasteiger partial charge in [-0.2, -0.15) is 4.98 Å². The first-order valence-electron chi connectivity index (χ1n) is 6.86. The van der Waals surface area contributed by atoms with Crippen LogP contribution in [0.25, 0.3) is 10.7 Å². The largest absolute Gasteiger partial charge is 0.338 e. The maximum atomic E-state index is 5.58. The minimum absolute atomic E-state index is 0. The third kappa shape index (κ3) is 4.24. The summed E-state index contributed by atoms with van der Waals surface area (Å²) in [4.78, 5) is 10.2. The second kappa shape index (κ2) is 7.86. The van der Waals surface area contributed by atoms with E-state index < -0.39 is 0 Å². The van der Waals surface area contributed by atoms with Gasteiger partial charge in [0.05, 0.1) is 11.4 Å². The molecule has 2 aromatic heterocycles. The van der Waals surface area contributed by atoms with Gasteiger partial charge in [-0.15, -0.1) is 23.7 Å². The van der Waals surface area contributed by atoms with Gasteiger partial charge in [0.2, 0.25) is 11.7 Å². The first-order valence-corrected chi connectivity index (χ1v) is 7.74. The second-order valence-corrected chi connectivity index (χ2v) is 5.84. The Kier molecular flexibility index (Phi) is 6.13. The first-order chi connectivity index (χ1) is 9.85. The van der Waals surface area contributed by atoms with Crippen molar-refractivity contribution in [2.75, 3.05) is 39.3 Å². The number of nitrogens with zero attached hydrogens (tertiary/aromatic N) is 4. The number of aromatic nitrogens is 2. The number of thiophene rings is 1. The van der Waals surface area contributed by atoms with E-state index in [0.29, 0.717) is 11.7 Å². The van der Waals surface area contributed by atoms with Crippen LogP contribution >= 0.6 is 23.7 Å². The highest BCUT2D eigenvalue weighted by Crippen LogP contribution is 2.21. The van der Waals surface area contributed by atoms with Crippen molar-refractivity contribution in [3.63, 3.8) is 0 Å². The summed E-state index contributed by atoms with van der Waals surface area (Å²) >= 11 is 1.62. The van der Waals surface area contributed by atoms with Crippen LogP contribution in [0.3, 0.4) is 0 Å². The molecule has 0 atom stereocenters.